The number of carbonyl (C=O) groups is 1. The first-order valence-corrected chi connectivity index (χ1v) is 5.26. The van der Waals surface area contributed by atoms with Gasteiger partial charge in [-0.25, -0.2) is 0 Å². The van der Waals surface area contributed by atoms with E-state index < -0.39 is 12.0 Å². The number of nitrogens with one attached hydrogen (secondary N) is 1. The Morgan fingerprint density at radius 3 is 2.69 bits per heavy atom. The Kier molecular flexibility index (Phi) is 4.42. The molecular weight excluding hydrogens is 210 g/mol. The third-order valence-corrected chi connectivity index (χ3v) is 2.21. The zero-order chi connectivity index (χ0) is 12.1. The lowest BCUT2D eigenvalue weighted by Gasteiger charge is -2.17. The average Bonchev–Trinajstić information content (AvgIpc) is 2.57. The predicted octanol–water partition coefficient (Wildman–Crippen LogP) is 0.619. The van der Waals surface area contributed by atoms with Crippen molar-refractivity contribution in [1.82, 2.24) is 15.5 Å². The fourth-order valence-corrected chi connectivity index (χ4v) is 1.38. The quantitative estimate of drug-likeness (QED) is 0.740. The Morgan fingerprint density at radius 2 is 2.25 bits per heavy atom. The second-order valence-electron chi connectivity index (χ2n) is 4.00. The first-order chi connectivity index (χ1) is 7.50. The van der Waals surface area contributed by atoms with Gasteiger partial charge in [0.05, 0.1) is 0 Å². The van der Waals surface area contributed by atoms with Crippen molar-refractivity contribution in [3.8, 4) is 0 Å². The van der Waals surface area contributed by atoms with Crippen LogP contribution < -0.4 is 5.32 Å². The summed E-state index contributed by atoms with van der Waals surface area (Å²) < 4.78 is 4.92. The van der Waals surface area contributed by atoms with Crippen molar-refractivity contribution in [2.45, 2.75) is 33.2 Å². The van der Waals surface area contributed by atoms with E-state index in [0.29, 0.717) is 24.7 Å². The lowest BCUT2D eigenvalue weighted by atomic mass is 10.0. The molecule has 90 valence electrons. The third kappa shape index (κ3) is 3.62. The molecule has 1 atom stereocenters. The van der Waals surface area contributed by atoms with E-state index in [2.05, 4.69) is 15.5 Å². The highest BCUT2D eigenvalue weighted by atomic mass is 16.5. The molecule has 1 aromatic heterocycles. The van der Waals surface area contributed by atoms with Gasteiger partial charge in [-0.05, 0) is 12.8 Å². The molecule has 1 rings (SSSR count). The number of hydrogen-bond donors (Lipinski definition) is 2. The minimum atomic E-state index is -0.836. The van der Waals surface area contributed by atoms with Crippen LogP contribution in [0.3, 0.4) is 0 Å². The molecular formula is C10H17N3O3. The van der Waals surface area contributed by atoms with Crippen LogP contribution in [-0.2, 0) is 11.2 Å². The Hall–Kier alpha value is -1.43. The van der Waals surface area contributed by atoms with Crippen molar-refractivity contribution in [3.63, 3.8) is 0 Å². The van der Waals surface area contributed by atoms with E-state index in [4.69, 9.17) is 9.63 Å². The van der Waals surface area contributed by atoms with Gasteiger partial charge in [-0.3, -0.25) is 4.79 Å². The summed E-state index contributed by atoms with van der Waals surface area (Å²) in [4.78, 5) is 14.9. The highest BCUT2D eigenvalue weighted by Gasteiger charge is 2.20. The maximum atomic E-state index is 10.9. The molecule has 1 unspecified atom stereocenters. The fourth-order valence-electron chi connectivity index (χ4n) is 1.38. The van der Waals surface area contributed by atoms with Crippen molar-refractivity contribution < 1.29 is 14.4 Å². The van der Waals surface area contributed by atoms with Crippen LogP contribution >= 0.6 is 0 Å². The molecule has 0 saturated heterocycles. The summed E-state index contributed by atoms with van der Waals surface area (Å²) in [5.41, 5.74) is 0. The van der Waals surface area contributed by atoms with Crippen molar-refractivity contribution in [3.05, 3.63) is 11.7 Å². The Morgan fingerprint density at radius 1 is 1.56 bits per heavy atom. The van der Waals surface area contributed by atoms with Crippen LogP contribution in [0.4, 0.5) is 0 Å². The molecule has 2 N–H and O–H groups in total. The Bertz CT molecular complexity index is 349. The molecule has 0 saturated carbocycles. The van der Waals surface area contributed by atoms with Crippen molar-refractivity contribution >= 4 is 5.97 Å². The monoisotopic (exact) mass is 227 g/mol. The van der Waals surface area contributed by atoms with E-state index in [0.717, 1.165) is 0 Å². The maximum Gasteiger partial charge on any atom is 0.320 e. The van der Waals surface area contributed by atoms with Crippen LogP contribution in [-0.4, -0.2) is 33.8 Å². The summed E-state index contributed by atoms with van der Waals surface area (Å²) in [6.07, 6.45) is 0.539. The van der Waals surface area contributed by atoms with Crippen molar-refractivity contribution in [1.29, 1.82) is 0 Å². The Labute approximate surface area is 94.0 Å². The normalized spacial score (nSPS) is 13.0. The van der Waals surface area contributed by atoms with Gasteiger partial charge in [0.15, 0.2) is 5.82 Å². The van der Waals surface area contributed by atoms with E-state index >= 15 is 0 Å². The number of aliphatic carboxylic acids is 1. The minimum absolute atomic E-state index is 0.0434. The number of aryl methyl sites for hydroxylation is 1. The molecule has 0 spiro atoms. The van der Waals surface area contributed by atoms with E-state index in [1.807, 2.05) is 13.8 Å². The molecule has 0 bridgehead atoms. The largest absolute Gasteiger partial charge is 0.480 e. The van der Waals surface area contributed by atoms with Crippen LogP contribution in [0.25, 0.3) is 0 Å². The number of aromatic nitrogens is 2. The van der Waals surface area contributed by atoms with E-state index in [9.17, 15) is 4.79 Å². The molecule has 0 aliphatic heterocycles. The van der Waals surface area contributed by atoms with Gasteiger partial charge in [-0.1, -0.05) is 19.0 Å². The zero-order valence-corrected chi connectivity index (χ0v) is 9.73. The lowest BCUT2D eigenvalue weighted by molar-refractivity contribution is -0.140. The smallest absolute Gasteiger partial charge is 0.320 e. The average molecular weight is 227 g/mol. The van der Waals surface area contributed by atoms with Gasteiger partial charge >= 0.3 is 5.97 Å². The fraction of sp³-hybridized carbons (Fsp3) is 0.700. The molecule has 0 amide bonds. The van der Waals surface area contributed by atoms with Gasteiger partial charge in [0.2, 0.25) is 5.89 Å². The molecule has 16 heavy (non-hydrogen) atoms. The highest BCUT2D eigenvalue weighted by Crippen LogP contribution is 2.02. The molecule has 1 aromatic rings. The summed E-state index contributed by atoms with van der Waals surface area (Å²) in [6, 6.07) is -0.538. The van der Waals surface area contributed by atoms with Crippen LogP contribution in [0.5, 0.6) is 0 Å². The second kappa shape index (κ2) is 5.60. The summed E-state index contributed by atoms with van der Waals surface area (Å²) in [5.74, 6) is 0.324. The predicted molar refractivity (Wildman–Crippen MR) is 57.0 cm³/mol. The molecule has 0 fully saturated rings. The van der Waals surface area contributed by atoms with Crippen LogP contribution in [0, 0.1) is 12.8 Å². The number of rotatable bonds is 6. The number of carboxylic acid groups (broad SMARTS) is 1. The first kappa shape index (κ1) is 12.6. The van der Waals surface area contributed by atoms with Gasteiger partial charge in [-0.15, -0.1) is 0 Å². The molecule has 1 heterocycles. The van der Waals surface area contributed by atoms with Crippen molar-refractivity contribution in [2.24, 2.45) is 5.92 Å². The lowest BCUT2D eigenvalue weighted by Crippen LogP contribution is -2.41. The molecule has 6 nitrogen and oxygen atoms in total. The molecule has 6 heteroatoms. The molecule has 0 aliphatic carbocycles. The second-order valence-corrected chi connectivity index (χ2v) is 4.00. The summed E-state index contributed by atoms with van der Waals surface area (Å²) in [6.45, 7) is 5.98. The highest BCUT2D eigenvalue weighted by molar-refractivity contribution is 5.73. The van der Waals surface area contributed by atoms with Gasteiger partial charge in [-0.2, -0.15) is 4.98 Å². The third-order valence-electron chi connectivity index (χ3n) is 2.21. The molecule has 0 aromatic carbocycles. The maximum absolute atomic E-state index is 10.9. The minimum Gasteiger partial charge on any atom is -0.480 e. The van der Waals surface area contributed by atoms with Gasteiger partial charge in [0.1, 0.15) is 6.04 Å². The molecule has 0 radical (unpaired) electrons. The van der Waals surface area contributed by atoms with Crippen LogP contribution in [0.2, 0.25) is 0 Å². The number of nitrogens with zero attached hydrogens (tertiary/aromatic N) is 2. The Balaban J connectivity index is 2.36. The van der Waals surface area contributed by atoms with Gasteiger partial charge < -0.3 is 14.9 Å². The summed E-state index contributed by atoms with van der Waals surface area (Å²) in [5, 5.41) is 15.5. The van der Waals surface area contributed by atoms with Gasteiger partial charge in [0.25, 0.3) is 0 Å². The van der Waals surface area contributed by atoms with E-state index in [-0.39, 0.29) is 5.92 Å². The summed E-state index contributed by atoms with van der Waals surface area (Å²) in [7, 11) is 0. The van der Waals surface area contributed by atoms with Crippen LogP contribution in [0.1, 0.15) is 25.6 Å². The molecule has 0 aliphatic rings. The number of hydrogen-bond acceptors (Lipinski definition) is 5. The number of carboxylic acids is 1. The summed E-state index contributed by atoms with van der Waals surface area (Å²) >= 11 is 0. The standard InChI is InChI=1S/C10H17N3O3/c1-6(2)9(10(14)15)11-5-4-8-12-7(3)13-16-8/h6,9,11H,4-5H2,1-3H3,(H,14,15). The van der Waals surface area contributed by atoms with Gasteiger partial charge in [0, 0.05) is 13.0 Å². The van der Waals surface area contributed by atoms with E-state index in [1.54, 1.807) is 6.92 Å². The van der Waals surface area contributed by atoms with Crippen LogP contribution in [0.15, 0.2) is 4.52 Å². The van der Waals surface area contributed by atoms with Crippen molar-refractivity contribution in [2.75, 3.05) is 6.54 Å². The first-order valence-electron chi connectivity index (χ1n) is 5.26. The topological polar surface area (TPSA) is 88.2 Å². The zero-order valence-electron chi connectivity index (χ0n) is 9.73. The van der Waals surface area contributed by atoms with E-state index in [1.165, 1.54) is 0 Å². The SMILES string of the molecule is Cc1noc(CCNC(C(=O)O)C(C)C)n1.